The Morgan fingerprint density at radius 1 is 1.62 bits per heavy atom. The topological polar surface area (TPSA) is 76.4 Å². The average Bonchev–Trinajstić information content (AvgIpc) is 2.89. The summed E-state index contributed by atoms with van der Waals surface area (Å²) in [5.41, 5.74) is 0. The van der Waals surface area contributed by atoms with Crippen LogP contribution in [-0.2, 0) is 16.1 Å². The molecular weight excluding hydrogens is 294 g/mol. The molecule has 0 aliphatic heterocycles. The van der Waals surface area contributed by atoms with Crippen LogP contribution in [0.5, 0.6) is 0 Å². The van der Waals surface area contributed by atoms with Crippen LogP contribution in [0.3, 0.4) is 0 Å². The summed E-state index contributed by atoms with van der Waals surface area (Å²) >= 11 is 5.78. The van der Waals surface area contributed by atoms with Gasteiger partial charge in [-0.3, -0.25) is 9.48 Å². The maximum atomic E-state index is 12.1. The fourth-order valence-electron chi connectivity index (χ4n) is 2.66. The second kappa shape index (κ2) is 7.77. The number of amides is 1. The highest BCUT2D eigenvalue weighted by Crippen LogP contribution is 2.26. The number of aliphatic hydroxyl groups excluding tert-OH is 1. The molecule has 0 aromatic carbocycles. The Labute approximate surface area is 129 Å². The number of carbonyl (C=O) groups is 1. The zero-order valence-corrected chi connectivity index (χ0v) is 12.9. The smallest absolute Gasteiger partial charge is 0.223 e. The summed E-state index contributed by atoms with van der Waals surface area (Å²) < 4.78 is 6.97. The minimum absolute atomic E-state index is 0.0439. The number of rotatable bonds is 6. The molecule has 1 aromatic rings. The molecule has 1 heterocycles. The van der Waals surface area contributed by atoms with E-state index >= 15 is 0 Å². The van der Waals surface area contributed by atoms with Crippen LogP contribution in [0, 0.1) is 5.92 Å². The molecule has 2 rings (SSSR count). The van der Waals surface area contributed by atoms with Crippen LogP contribution in [-0.4, -0.2) is 46.7 Å². The molecular formula is C14H22ClN3O3. The maximum Gasteiger partial charge on any atom is 0.223 e. The summed E-state index contributed by atoms with van der Waals surface area (Å²) in [6.45, 7) is 1.32. The number of halogens is 1. The normalized spacial score (nSPS) is 25.8. The van der Waals surface area contributed by atoms with E-state index in [0.29, 0.717) is 30.8 Å². The summed E-state index contributed by atoms with van der Waals surface area (Å²) in [5.74, 6) is -0.0278. The van der Waals surface area contributed by atoms with Gasteiger partial charge >= 0.3 is 0 Å². The molecule has 3 atom stereocenters. The Morgan fingerprint density at radius 2 is 2.43 bits per heavy atom. The fraction of sp³-hybridized carbons (Fsp3) is 0.714. The number of carbonyl (C=O) groups excluding carboxylic acids is 1. The van der Waals surface area contributed by atoms with Gasteiger partial charge in [0.2, 0.25) is 5.91 Å². The van der Waals surface area contributed by atoms with Crippen LogP contribution >= 0.6 is 11.6 Å². The van der Waals surface area contributed by atoms with Crippen molar-refractivity contribution >= 4 is 17.5 Å². The monoisotopic (exact) mass is 315 g/mol. The van der Waals surface area contributed by atoms with Gasteiger partial charge in [-0.1, -0.05) is 11.6 Å². The highest BCUT2D eigenvalue weighted by molar-refractivity contribution is 6.30. The lowest BCUT2D eigenvalue weighted by molar-refractivity contribution is -0.130. The number of hydrogen-bond acceptors (Lipinski definition) is 4. The number of nitrogens with zero attached hydrogens (tertiary/aromatic N) is 2. The van der Waals surface area contributed by atoms with E-state index in [1.165, 1.54) is 0 Å². The molecule has 0 radical (unpaired) electrons. The number of hydrogen-bond donors (Lipinski definition) is 2. The molecule has 0 spiro atoms. The van der Waals surface area contributed by atoms with Crippen molar-refractivity contribution in [1.82, 2.24) is 15.1 Å². The van der Waals surface area contributed by atoms with Crippen LogP contribution in [0.4, 0.5) is 0 Å². The highest BCUT2D eigenvalue weighted by Gasteiger charge is 2.32. The largest absolute Gasteiger partial charge is 0.390 e. The van der Waals surface area contributed by atoms with Crippen LogP contribution in [0.2, 0.25) is 5.02 Å². The lowest BCUT2D eigenvalue weighted by atomic mass is 9.84. The van der Waals surface area contributed by atoms with Gasteiger partial charge in [-0.2, -0.15) is 5.10 Å². The molecule has 6 nitrogen and oxygen atoms in total. The first kappa shape index (κ1) is 16.3. The maximum absolute atomic E-state index is 12.1. The first-order valence-corrected chi connectivity index (χ1v) is 7.64. The molecule has 118 valence electrons. The van der Waals surface area contributed by atoms with Crippen molar-refractivity contribution in [2.24, 2.45) is 5.92 Å². The van der Waals surface area contributed by atoms with Crippen LogP contribution in [0.15, 0.2) is 12.4 Å². The Bertz CT molecular complexity index is 466. The van der Waals surface area contributed by atoms with E-state index in [-0.39, 0.29) is 17.9 Å². The minimum Gasteiger partial charge on any atom is -0.390 e. The molecule has 7 heteroatoms. The van der Waals surface area contributed by atoms with E-state index in [9.17, 15) is 9.90 Å². The van der Waals surface area contributed by atoms with Crippen molar-refractivity contribution in [3.8, 4) is 0 Å². The number of methoxy groups -OCH3 is 1. The lowest BCUT2D eigenvalue weighted by Gasteiger charge is -2.31. The molecule has 1 aliphatic rings. The van der Waals surface area contributed by atoms with Crippen molar-refractivity contribution < 1.29 is 14.6 Å². The van der Waals surface area contributed by atoms with E-state index in [1.807, 2.05) is 0 Å². The lowest BCUT2D eigenvalue weighted by Crippen LogP contribution is -2.41. The second-order valence-electron chi connectivity index (χ2n) is 5.42. The third-order valence-electron chi connectivity index (χ3n) is 3.90. The number of nitrogens with one attached hydrogen (secondary N) is 1. The first-order chi connectivity index (χ1) is 10.1. The predicted molar refractivity (Wildman–Crippen MR) is 79.0 cm³/mol. The van der Waals surface area contributed by atoms with Gasteiger partial charge in [-0.25, -0.2) is 0 Å². The van der Waals surface area contributed by atoms with Crippen molar-refractivity contribution in [3.63, 3.8) is 0 Å². The van der Waals surface area contributed by atoms with Crippen molar-refractivity contribution in [2.75, 3.05) is 13.7 Å². The van der Waals surface area contributed by atoms with Crippen LogP contribution in [0.25, 0.3) is 0 Å². The third-order valence-corrected chi connectivity index (χ3v) is 4.09. The number of aryl methyl sites for hydroxylation is 1. The molecule has 1 amide bonds. The van der Waals surface area contributed by atoms with Gasteiger partial charge in [0.1, 0.15) is 0 Å². The zero-order chi connectivity index (χ0) is 15.2. The predicted octanol–water partition coefficient (Wildman–Crippen LogP) is 1.22. The van der Waals surface area contributed by atoms with Gasteiger partial charge in [0, 0.05) is 32.3 Å². The van der Waals surface area contributed by atoms with E-state index < -0.39 is 6.10 Å². The second-order valence-corrected chi connectivity index (χ2v) is 5.85. The van der Waals surface area contributed by atoms with Crippen molar-refractivity contribution in [1.29, 1.82) is 0 Å². The summed E-state index contributed by atoms with van der Waals surface area (Å²) in [5, 5.41) is 17.4. The summed E-state index contributed by atoms with van der Waals surface area (Å²) in [7, 11) is 1.57. The van der Waals surface area contributed by atoms with Gasteiger partial charge < -0.3 is 15.2 Å². The summed E-state index contributed by atoms with van der Waals surface area (Å²) in [6, 6.07) is 0. The molecule has 0 saturated heterocycles. The summed E-state index contributed by atoms with van der Waals surface area (Å²) in [4.78, 5) is 12.1. The van der Waals surface area contributed by atoms with Gasteiger partial charge in [0.05, 0.1) is 23.4 Å². The number of ether oxygens (including phenoxy) is 1. The number of aliphatic hydroxyl groups is 1. The Hall–Kier alpha value is -1.11. The van der Waals surface area contributed by atoms with Crippen LogP contribution in [0.1, 0.15) is 25.7 Å². The highest BCUT2D eigenvalue weighted by atomic mass is 35.5. The Morgan fingerprint density at radius 3 is 3.10 bits per heavy atom. The molecule has 1 fully saturated rings. The quantitative estimate of drug-likeness (QED) is 0.774. The van der Waals surface area contributed by atoms with E-state index in [2.05, 4.69) is 10.4 Å². The Kier molecular flexibility index (Phi) is 6.02. The van der Waals surface area contributed by atoms with Crippen molar-refractivity contribution in [2.45, 2.75) is 44.4 Å². The molecule has 21 heavy (non-hydrogen) atoms. The fourth-order valence-corrected chi connectivity index (χ4v) is 2.82. The molecule has 1 aromatic heterocycles. The molecule has 1 aliphatic carbocycles. The Balaban J connectivity index is 1.67. The minimum atomic E-state index is -0.455. The van der Waals surface area contributed by atoms with Gasteiger partial charge in [0.15, 0.2) is 0 Å². The van der Waals surface area contributed by atoms with Gasteiger partial charge in [-0.15, -0.1) is 0 Å². The molecule has 0 bridgehead atoms. The molecule has 2 N–H and O–H groups in total. The molecule has 0 unspecified atom stereocenters. The third kappa shape index (κ3) is 4.69. The van der Waals surface area contributed by atoms with E-state index in [1.54, 1.807) is 24.2 Å². The standard InChI is InChI=1S/C14H22ClN3O3/c1-21-13-7-10(3-4-12(13)19)14(20)16-5-2-6-18-9-11(15)8-17-18/h8-10,12-13,19H,2-7H2,1H3,(H,16,20)/t10-,12+,13-/m1/s1. The number of aromatic nitrogens is 2. The van der Waals surface area contributed by atoms with Crippen molar-refractivity contribution in [3.05, 3.63) is 17.4 Å². The van der Waals surface area contributed by atoms with E-state index in [4.69, 9.17) is 16.3 Å². The van der Waals surface area contributed by atoms with Gasteiger partial charge in [-0.05, 0) is 25.7 Å². The molecule has 1 saturated carbocycles. The van der Waals surface area contributed by atoms with E-state index in [0.717, 1.165) is 13.0 Å². The SMILES string of the molecule is CO[C@@H]1C[C@H](C(=O)NCCCn2cc(Cl)cn2)CC[C@@H]1O. The summed E-state index contributed by atoms with van der Waals surface area (Å²) in [6.07, 6.45) is 5.37. The van der Waals surface area contributed by atoms with Gasteiger partial charge in [0.25, 0.3) is 0 Å². The zero-order valence-electron chi connectivity index (χ0n) is 12.2. The van der Waals surface area contributed by atoms with Crippen LogP contribution < -0.4 is 5.32 Å². The average molecular weight is 316 g/mol. The first-order valence-electron chi connectivity index (χ1n) is 7.26.